The minimum absolute atomic E-state index is 0.295. The maximum Gasteiger partial charge on any atom is 0.169 e. The van der Waals surface area contributed by atoms with Crippen molar-refractivity contribution in [1.82, 2.24) is 0 Å². The fourth-order valence-electron chi connectivity index (χ4n) is 8.08. The molecule has 1 saturated heterocycles. The lowest BCUT2D eigenvalue weighted by Gasteiger charge is -2.34. The highest BCUT2D eigenvalue weighted by Gasteiger charge is 2.53. The Balaban J connectivity index is 1.55. The van der Waals surface area contributed by atoms with Crippen molar-refractivity contribution in [3.63, 3.8) is 0 Å². The van der Waals surface area contributed by atoms with E-state index in [2.05, 4.69) is 59.3 Å². The Morgan fingerprint density at radius 1 is 0.458 bits per heavy atom. The smallest absolute Gasteiger partial charge is 0.169 e. The van der Waals surface area contributed by atoms with Gasteiger partial charge in [-0.25, -0.2) is 0 Å². The molecule has 3 heteroatoms. The van der Waals surface area contributed by atoms with E-state index in [9.17, 15) is 0 Å². The lowest BCUT2D eigenvalue weighted by atomic mass is 9.98. The summed E-state index contributed by atoms with van der Waals surface area (Å²) in [5.74, 6) is -0.295. The van der Waals surface area contributed by atoms with Gasteiger partial charge in [-0.1, -0.05) is 173 Å². The molecule has 3 nitrogen and oxygen atoms in total. The van der Waals surface area contributed by atoms with Crippen LogP contribution in [-0.4, -0.2) is 49.7 Å². The number of fused-ring (bicyclic) bond motifs is 1. The second-order valence-corrected chi connectivity index (χ2v) is 16.9. The van der Waals surface area contributed by atoms with E-state index in [0.717, 1.165) is 23.7 Å². The van der Waals surface area contributed by atoms with Crippen LogP contribution in [0, 0.1) is 0 Å². The van der Waals surface area contributed by atoms with Gasteiger partial charge < -0.3 is 14.0 Å². The largest absolute Gasteiger partial charge is 0.344 e. The van der Waals surface area contributed by atoms with Crippen LogP contribution in [-0.2, 0) is 9.47 Å². The van der Waals surface area contributed by atoms with Crippen molar-refractivity contribution in [2.24, 2.45) is 0 Å². The van der Waals surface area contributed by atoms with Crippen molar-refractivity contribution < 1.29 is 14.0 Å². The molecule has 282 valence electrons. The minimum Gasteiger partial charge on any atom is -0.344 e. The highest BCUT2D eigenvalue weighted by Crippen LogP contribution is 2.45. The third kappa shape index (κ3) is 20.9. The maximum absolute atomic E-state index is 6.90. The van der Waals surface area contributed by atoms with Crippen LogP contribution in [0.2, 0.25) is 0 Å². The van der Waals surface area contributed by atoms with Crippen LogP contribution in [0.1, 0.15) is 219 Å². The van der Waals surface area contributed by atoms with Crippen molar-refractivity contribution >= 4 is 0 Å². The first kappa shape index (κ1) is 43.5. The normalized spacial score (nSPS) is 22.9. The van der Waals surface area contributed by atoms with Gasteiger partial charge in [-0.3, -0.25) is 0 Å². The maximum atomic E-state index is 6.90. The average molecular weight is 673 g/mol. The molecular formula is C45H86NO2+. The van der Waals surface area contributed by atoms with Crippen LogP contribution in [0.15, 0.2) is 24.3 Å². The molecule has 0 amide bonds. The number of allylic oxidation sites excluding steroid dienone is 4. The topological polar surface area (TPSA) is 18.5 Å². The van der Waals surface area contributed by atoms with Crippen LogP contribution >= 0.6 is 0 Å². The highest BCUT2D eigenvalue weighted by atomic mass is 16.8. The molecule has 0 aromatic rings. The summed E-state index contributed by atoms with van der Waals surface area (Å²) in [7, 11) is 7.00. The monoisotopic (exact) mass is 673 g/mol. The summed E-state index contributed by atoms with van der Waals surface area (Å²) in [4.78, 5) is 0. The molecule has 0 spiro atoms. The lowest BCUT2D eigenvalue weighted by molar-refractivity contribution is -0.895. The molecule has 48 heavy (non-hydrogen) atoms. The number of hydrogen-bond donors (Lipinski definition) is 0. The molecule has 1 heterocycles. The molecule has 2 aliphatic rings. The molecule has 2 fully saturated rings. The second kappa shape index (κ2) is 28.0. The van der Waals surface area contributed by atoms with Gasteiger partial charge in [0.2, 0.25) is 0 Å². The second-order valence-electron chi connectivity index (χ2n) is 16.9. The van der Waals surface area contributed by atoms with Gasteiger partial charge in [-0.2, -0.15) is 0 Å². The Morgan fingerprint density at radius 2 is 0.792 bits per heavy atom. The van der Waals surface area contributed by atoms with Crippen LogP contribution in [0.5, 0.6) is 0 Å². The van der Waals surface area contributed by atoms with Crippen LogP contribution in [0.3, 0.4) is 0 Å². The van der Waals surface area contributed by atoms with E-state index < -0.39 is 0 Å². The summed E-state index contributed by atoms with van der Waals surface area (Å²) in [5, 5.41) is 0. The molecule has 3 unspecified atom stereocenters. The average Bonchev–Trinajstić information content (AvgIpc) is 3.61. The standard InChI is InChI=1S/C45H86NO2/c1-6-8-10-12-14-16-18-20-22-24-26-28-30-32-34-36-38-45(47-43-40-42(46(3,4)5)41-44(43)48-45)39-37-35-33-31-29-27-25-23-21-19-17-15-13-11-9-7-2/h14,16,20,22,42-44H,6-13,15,17-19,21,23-41H2,1-5H3/q+1/t42?,43-,44?,45?/m0/s1. The van der Waals surface area contributed by atoms with Gasteiger partial charge >= 0.3 is 0 Å². The third-order valence-electron chi connectivity index (χ3n) is 11.4. The van der Waals surface area contributed by atoms with E-state index in [0.29, 0.717) is 18.2 Å². The summed E-state index contributed by atoms with van der Waals surface area (Å²) < 4.78 is 14.8. The number of ether oxygens (including phenoxy) is 2. The summed E-state index contributed by atoms with van der Waals surface area (Å²) in [5.41, 5.74) is 0. The van der Waals surface area contributed by atoms with E-state index in [-0.39, 0.29) is 5.79 Å². The Hall–Kier alpha value is -0.640. The zero-order chi connectivity index (χ0) is 34.6. The Kier molecular flexibility index (Phi) is 25.4. The zero-order valence-corrected chi connectivity index (χ0v) is 33.4. The first-order valence-electron chi connectivity index (χ1n) is 21.9. The molecule has 0 N–H and O–H groups in total. The van der Waals surface area contributed by atoms with E-state index in [1.165, 1.54) is 186 Å². The van der Waals surface area contributed by atoms with E-state index in [1.54, 1.807) is 0 Å². The van der Waals surface area contributed by atoms with Gasteiger partial charge in [0.1, 0.15) is 0 Å². The number of nitrogens with zero attached hydrogens (tertiary/aromatic N) is 1. The van der Waals surface area contributed by atoms with Gasteiger partial charge in [0.15, 0.2) is 5.79 Å². The first-order valence-corrected chi connectivity index (χ1v) is 21.9. The highest BCUT2D eigenvalue weighted by molar-refractivity contribution is 4.95. The quantitative estimate of drug-likeness (QED) is 0.0392. The molecule has 1 aliphatic heterocycles. The predicted octanol–water partition coefficient (Wildman–Crippen LogP) is 14.2. The molecule has 0 aromatic carbocycles. The SMILES string of the molecule is CCCCCC=CCC=CCCCCCCCCC1(CCCCCCCCCCCCCCCCCC)OC2CC([N+](C)(C)C)C[C@@H]2O1. The number of rotatable bonds is 33. The van der Waals surface area contributed by atoms with Crippen molar-refractivity contribution in [1.29, 1.82) is 0 Å². The molecule has 0 radical (unpaired) electrons. The van der Waals surface area contributed by atoms with E-state index in [1.807, 2.05) is 0 Å². The van der Waals surface area contributed by atoms with Crippen molar-refractivity contribution in [2.45, 2.75) is 243 Å². The first-order chi connectivity index (χ1) is 23.4. The third-order valence-corrected chi connectivity index (χ3v) is 11.4. The van der Waals surface area contributed by atoms with Crippen LogP contribution in [0.25, 0.3) is 0 Å². The van der Waals surface area contributed by atoms with Gasteiger partial charge in [-0.15, -0.1) is 0 Å². The Bertz CT molecular complexity index is 768. The number of hydrogen-bond acceptors (Lipinski definition) is 2. The Morgan fingerprint density at radius 3 is 1.19 bits per heavy atom. The lowest BCUT2D eigenvalue weighted by Crippen LogP contribution is -2.45. The van der Waals surface area contributed by atoms with Crippen molar-refractivity contribution in [3.8, 4) is 0 Å². The summed E-state index contributed by atoms with van der Waals surface area (Å²) in [6.45, 7) is 4.58. The summed E-state index contributed by atoms with van der Waals surface area (Å²) in [6.07, 6.45) is 53.0. The number of quaternary nitrogens is 1. The van der Waals surface area contributed by atoms with Crippen molar-refractivity contribution in [2.75, 3.05) is 21.1 Å². The summed E-state index contributed by atoms with van der Waals surface area (Å²) in [6, 6.07) is 0.662. The van der Waals surface area contributed by atoms with Crippen molar-refractivity contribution in [3.05, 3.63) is 24.3 Å². The van der Waals surface area contributed by atoms with Crippen LogP contribution < -0.4 is 0 Å². The molecule has 0 aromatic heterocycles. The summed E-state index contributed by atoms with van der Waals surface area (Å²) >= 11 is 0. The molecule has 0 bridgehead atoms. The predicted molar refractivity (Wildman–Crippen MR) is 212 cm³/mol. The fraction of sp³-hybridized carbons (Fsp3) is 0.911. The van der Waals surface area contributed by atoms with Gasteiger partial charge in [0.05, 0.1) is 39.4 Å². The van der Waals surface area contributed by atoms with Crippen LogP contribution in [0.4, 0.5) is 0 Å². The van der Waals surface area contributed by atoms with Gasteiger partial charge in [0.25, 0.3) is 0 Å². The minimum atomic E-state index is -0.295. The Labute approximate surface area is 302 Å². The number of unbranched alkanes of at least 4 members (excludes halogenated alkanes) is 24. The zero-order valence-electron chi connectivity index (χ0n) is 33.4. The van der Waals surface area contributed by atoms with Gasteiger partial charge in [0, 0.05) is 25.7 Å². The molecule has 1 aliphatic carbocycles. The molecule has 4 atom stereocenters. The molecule has 1 saturated carbocycles. The van der Waals surface area contributed by atoms with E-state index >= 15 is 0 Å². The molecule has 2 rings (SSSR count). The van der Waals surface area contributed by atoms with Gasteiger partial charge in [-0.05, 0) is 44.9 Å². The fourth-order valence-corrected chi connectivity index (χ4v) is 8.08. The molecular weight excluding hydrogens is 587 g/mol. The van der Waals surface area contributed by atoms with E-state index in [4.69, 9.17) is 9.47 Å².